The average Bonchev–Trinajstić information content (AvgIpc) is 3.15. The highest BCUT2D eigenvalue weighted by molar-refractivity contribution is 7.99. The molecule has 0 saturated heterocycles. The van der Waals surface area contributed by atoms with Crippen LogP contribution in [0.2, 0.25) is 0 Å². The summed E-state index contributed by atoms with van der Waals surface area (Å²) in [6.07, 6.45) is 3.39. The number of ether oxygens (including phenoxy) is 1. The first-order valence-corrected chi connectivity index (χ1v) is 9.56. The van der Waals surface area contributed by atoms with E-state index in [1.165, 1.54) is 18.9 Å². The number of para-hydroxylation sites is 1. The Bertz CT molecular complexity index is 975. The van der Waals surface area contributed by atoms with Crippen molar-refractivity contribution in [1.82, 2.24) is 19.7 Å². The van der Waals surface area contributed by atoms with Gasteiger partial charge in [-0.15, -0.1) is 10.2 Å². The molecule has 0 bridgehead atoms. The SMILES string of the molecule is CCn1c(SCC(=O)Nc2ccccc2C(=O)OC)nnc1-c1ccncc1. The third-order valence-corrected chi connectivity index (χ3v) is 4.88. The Morgan fingerprint density at radius 1 is 1.14 bits per heavy atom. The monoisotopic (exact) mass is 397 g/mol. The maximum atomic E-state index is 12.4. The molecule has 144 valence electrons. The van der Waals surface area contributed by atoms with Gasteiger partial charge in [0, 0.05) is 24.5 Å². The highest BCUT2D eigenvalue weighted by Gasteiger charge is 2.16. The van der Waals surface area contributed by atoms with Crippen LogP contribution in [0.25, 0.3) is 11.4 Å². The second-order valence-corrected chi connectivity index (χ2v) is 6.60. The highest BCUT2D eigenvalue weighted by Crippen LogP contribution is 2.24. The van der Waals surface area contributed by atoms with Crippen molar-refractivity contribution in [3.63, 3.8) is 0 Å². The van der Waals surface area contributed by atoms with Crippen LogP contribution in [0, 0.1) is 0 Å². The predicted octanol–water partition coefficient (Wildman–Crippen LogP) is 2.88. The number of rotatable bonds is 7. The number of hydrogen-bond donors (Lipinski definition) is 1. The van der Waals surface area contributed by atoms with Crippen LogP contribution in [0.4, 0.5) is 5.69 Å². The molecular formula is C19H19N5O3S. The van der Waals surface area contributed by atoms with E-state index in [0.717, 1.165) is 11.4 Å². The van der Waals surface area contributed by atoms with Gasteiger partial charge >= 0.3 is 5.97 Å². The Morgan fingerprint density at radius 3 is 2.61 bits per heavy atom. The van der Waals surface area contributed by atoms with Crippen LogP contribution in [0.1, 0.15) is 17.3 Å². The molecule has 0 unspecified atom stereocenters. The molecule has 28 heavy (non-hydrogen) atoms. The third-order valence-electron chi connectivity index (χ3n) is 3.91. The molecule has 0 aliphatic carbocycles. The summed E-state index contributed by atoms with van der Waals surface area (Å²) in [6.45, 7) is 2.66. The molecule has 0 aliphatic rings. The summed E-state index contributed by atoms with van der Waals surface area (Å²) in [5, 5.41) is 11.8. The molecule has 1 N–H and O–H groups in total. The molecule has 0 atom stereocenters. The van der Waals surface area contributed by atoms with Gasteiger partial charge in [-0.2, -0.15) is 0 Å². The predicted molar refractivity (Wildman–Crippen MR) is 106 cm³/mol. The Balaban J connectivity index is 1.69. The largest absolute Gasteiger partial charge is 0.465 e. The van der Waals surface area contributed by atoms with Gasteiger partial charge in [-0.3, -0.25) is 9.78 Å². The van der Waals surface area contributed by atoms with Crippen LogP contribution < -0.4 is 5.32 Å². The van der Waals surface area contributed by atoms with Crippen LogP contribution in [0.3, 0.4) is 0 Å². The fourth-order valence-electron chi connectivity index (χ4n) is 2.59. The van der Waals surface area contributed by atoms with Crippen LogP contribution in [-0.4, -0.2) is 44.5 Å². The number of esters is 1. The smallest absolute Gasteiger partial charge is 0.339 e. The molecule has 0 saturated carbocycles. The molecule has 0 radical (unpaired) electrons. The number of nitrogens with zero attached hydrogens (tertiary/aromatic N) is 4. The summed E-state index contributed by atoms with van der Waals surface area (Å²) in [5.41, 5.74) is 1.63. The van der Waals surface area contributed by atoms with Gasteiger partial charge in [0.15, 0.2) is 11.0 Å². The molecule has 8 nitrogen and oxygen atoms in total. The quantitative estimate of drug-likeness (QED) is 0.483. The number of amides is 1. The van der Waals surface area contributed by atoms with E-state index in [2.05, 4.69) is 20.5 Å². The highest BCUT2D eigenvalue weighted by atomic mass is 32.2. The molecule has 0 spiro atoms. The van der Waals surface area contributed by atoms with Gasteiger partial charge in [-0.25, -0.2) is 4.79 Å². The standard InChI is InChI=1S/C19H19N5O3S/c1-3-24-17(13-8-10-20-11-9-13)22-23-19(24)28-12-16(25)21-15-7-5-4-6-14(15)18(26)27-2/h4-11H,3,12H2,1-2H3,(H,21,25). The van der Waals surface area contributed by atoms with Crippen molar-refractivity contribution < 1.29 is 14.3 Å². The van der Waals surface area contributed by atoms with Crippen molar-refractivity contribution in [1.29, 1.82) is 0 Å². The van der Waals surface area contributed by atoms with E-state index in [-0.39, 0.29) is 11.7 Å². The first-order chi connectivity index (χ1) is 13.6. The fraction of sp³-hybridized carbons (Fsp3) is 0.211. The van der Waals surface area contributed by atoms with E-state index in [9.17, 15) is 9.59 Å². The number of benzene rings is 1. The molecule has 0 fully saturated rings. The zero-order valence-corrected chi connectivity index (χ0v) is 16.3. The number of pyridine rings is 1. The Hall–Kier alpha value is -3.20. The zero-order chi connectivity index (χ0) is 19.9. The van der Waals surface area contributed by atoms with E-state index >= 15 is 0 Å². The third kappa shape index (κ3) is 4.37. The number of anilines is 1. The van der Waals surface area contributed by atoms with E-state index in [0.29, 0.717) is 23.0 Å². The fourth-order valence-corrected chi connectivity index (χ4v) is 3.39. The maximum Gasteiger partial charge on any atom is 0.339 e. The zero-order valence-electron chi connectivity index (χ0n) is 15.5. The summed E-state index contributed by atoms with van der Waals surface area (Å²) < 4.78 is 6.68. The summed E-state index contributed by atoms with van der Waals surface area (Å²) in [5.74, 6) is 0.0989. The number of hydrogen-bond acceptors (Lipinski definition) is 7. The Morgan fingerprint density at radius 2 is 1.89 bits per heavy atom. The molecule has 9 heteroatoms. The lowest BCUT2D eigenvalue weighted by Crippen LogP contribution is -2.17. The molecule has 1 amide bonds. The average molecular weight is 397 g/mol. The summed E-state index contributed by atoms with van der Waals surface area (Å²) in [7, 11) is 1.30. The van der Waals surface area contributed by atoms with Crippen LogP contribution in [0.15, 0.2) is 53.9 Å². The number of methoxy groups -OCH3 is 1. The minimum Gasteiger partial charge on any atom is -0.465 e. The molecule has 2 heterocycles. The number of thioether (sulfide) groups is 1. The first-order valence-electron chi connectivity index (χ1n) is 8.57. The number of carbonyl (C=O) groups is 2. The molecule has 0 aliphatic heterocycles. The minimum atomic E-state index is -0.503. The second-order valence-electron chi connectivity index (χ2n) is 5.66. The van der Waals surface area contributed by atoms with Gasteiger partial charge < -0.3 is 14.6 Å². The van der Waals surface area contributed by atoms with Gasteiger partial charge in [0.25, 0.3) is 0 Å². The van der Waals surface area contributed by atoms with E-state index < -0.39 is 5.97 Å². The lowest BCUT2D eigenvalue weighted by atomic mass is 10.2. The van der Waals surface area contributed by atoms with Crippen molar-refractivity contribution in [3.8, 4) is 11.4 Å². The summed E-state index contributed by atoms with van der Waals surface area (Å²) in [4.78, 5) is 28.2. The Kier molecular flexibility index (Phi) is 6.38. The molecule has 3 rings (SSSR count). The van der Waals surface area contributed by atoms with E-state index in [1.54, 1.807) is 36.7 Å². The number of carbonyl (C=O) groups excluding carboxylic acids is 2. The summed E-state index contributed by atoms with van der Waals surface area (Å²) >= 11 is 1.28. The minimum absolute atomic E-state index is 0.129. The molecule has 2 aromatic heterocycles. The van der Waals surface area contributed by atoms with Crippen LogP contribution in [-0.2, 0) is 16.1 Å². The van der Waals surface area contributed by atoms with Gasteiger partial charge in [-0.05, 0) is 31.2 Å². The van der Waals surface area contributed by atoms with Crippen molar-refractivity contribution in [2.24, 2.45) is 0 Å². The Labute approximate surface area is 166 Å². The molecule has 1 aromatic carbocycles. The first kappa shape index (κ1) is 19.6. The van der Waals surface area contributed by atoms with Gasteiger partial charge in [0.2, 0.25) is 5.91 Å². The van der Waals surface area contributed by atoms with Crippen molar-refractivity contribution in [2.75, 3.05) is 18.2 Å². The molecule has 3 aromatic rings. The normalized spacial score (nSPS) is 10.5. The van der Waals surface area contributed by atoms with Crippen molar-refractivity contribution in [3.05, 3.63) is 54.4 Å². The van der Waals surface area contributed by atoms with Gasteiger partial charge in [0.1, 0.15) is 0 Å². The topological polar surface area (TPSA) is 99.0 Å². The lowest BCUT2D eigenvalue weighted by Gasteiger charge is -2.10. The second kappa shape index (κ2) is 9.14. The van der Waals surface area contributed by atoms with Gasteiger partial charge in [-0.1, -0.05) is 23.9 Å². The molecular weight excluding hydrogens is 378 g/mol. The summed E-state index contributed by atoms with van der Waals surface area (Å²) in [6, 6.07) is 10.4. The maximum absolute atomic E-state index is 12.4. The van der Waals surface area contributed by atoms with Crippen molar-refractivity contribution in [2.45, 2.75) is 18.6 Å². The van der Waals surface area contributed by atoms with Gasteiger partial charge in [0.05, 0.1) is 24.1 Å². The van der Waals surface area contributed by atoms with Crippen LogP contribution >= 0.6 is 11.8 Å². The van der Waals surface area contributed by atoms with Crippen LogP contribution in [0.5, 0.6) is 0 Å². The van der Waals surface area contributed by atoms with E-state index in [1.807, 2.05) is 23.6 Å². The number of aromatic nitrogens is 4. The lowest BCUT2D eigenvalue weighted by molar-refractivity contribution is -0.113. The van der Waals surface area contributed by atoms with E-state index in [4.69, 9.17) is 4.74 Å². The number of nitrogens with one attached hydrogen (secondary N) is 1. The van der Waals surface area contributed by atoms with Crippen molar-refractivity contribution >= 4 is 29.3 Å².